The topological polar surface area (TPSA) is 59.4 Å². The molecule has 0 aromatic heterocycles. The lowest BCUT2D eigenvalue weighted by Gasteiger charge is -2.29. The average molecular weight is 290 g/mol. The number of benzene rings is 1. The fourth-order valence-corrected chi connectivity index (χ4v) is 2.38. The van der Waals surface area contributed by atoms with Crippen LogP contribution in [0.4, 0.5) is 4.39 Å². The van der Waals surface area contributed by atoms with E-state index in [9.17, 15) is 9.18 Å². The van der Waals surface area contributed by atoms with Gasteiger partial charge in [0.25, 0.3) is 0 Å². The summed E-state index contributed by atoms with van der Waals surface area (Å²) in [5.74, 6) is -0.338. The lowest BCUT2D eigenvalue weighted by molar-refractivity contribution is -0.132. The third kappa shape index (κ3) is 4.25. The Bertz CT molecular complexity index is 549. The smallest absolute Gasteiger partial charge is 0.236 e. The van der Waals surface area contributed by atoms with Gasteiger partial charge in [-0.1, -0.05) is 6.07 Å². The monoisotopic (exact) mass is 290 g/mol. The Morgan fingerprint density at radius 3 is 2.86 bits per heavy atom. The normalized spacial score (nSPS) is 15.0. The third-order valence-electron chi connectivity index (χ3n) is 3.51. The number of amides is 1. The van der Waals surface area contributed by atoms with Gasteiger partial charge in [0.1, 0.15) is 5.82 Å². The van der Waals surface area contributed by atoms with Crippen LogP contribution in [-0.4, -0.2) is 55.5 Å². The van der Waals surface area contributed by atoms with E-state index in [1.807, 2.05) is 22.9 Å². The van der Waals surface area contributed by atoms with Gasteiger partial charge in [-0.15, -0.1) is 0 Å². The molecule has 112 valence electrons. The molecule has 2 rings (SSSR count). The minimum atomic E-state index is -0.421. The molecule has 1 aliphatic heterocycles. The number of nitrogens with zero attached hydrogens (tertiary/aromatic N) is 3. The van der Waals surface area contributed by atoms with Crippen LogP contribution in [0.2, 0.25) is 0 Å². The number of piperazine rings is 1. The highest BCUT2D eigenvalue weighted by Gasteiger charge is 2.18. The van der Waals surface area contributed by atoms with Gasteiger partial charge in [0.15, 0.2) is 0 Å². The molecule has 0 unspecified atom stereocenters. The fraction of sp³-hybridized carbons (Fsp3) is 0.467. The van der Waals surface area contributed by atoms with Crippen molar-refractivity contribution in [3.05, 3.63) is 35.1 Å². The summed E-state index contributed by atoms with van der Waals surface area (Å²) < 4.78 is 13.1. The maximum atomic E-state index is 13.1. The van der Waals surface area contributed by atoms with Gasteiger partial charge in [0, 0.05) is 32.7 Å². The number of rotatable bonds is 4. The van der Waals surface area contributed by atoms with Crippen LogP contribution in [0.3, 0.4) is 0 Å². The van der Waals surface area contributed by atoms with Crippen molar-refractivity contribution in [1.82, 2.24) is 15.1 Å². The lowest BCUT2D eigenvalue weighted by Crippen LogP contribution is -2.49. The molecule has 1 heterocycles. The summed E-state index contributed by atoms with van der Waals surface area (Å²) in [6.07, 6.45) is 0. The second-order valence-electron chi connectivity index (χ2n) is 5.22. The average Bonchev–Trinajstić information content (AvgIpc) is 2.49. The Labute approximate surface area is 123 Å². The molecule has 0 atom stereocenters. The molecular weight excluding hydrogens is 271 g/mol. The molecule has 1 N–H and O–H groups in total. The van der Waals surface area contributed by atoms with Crippen LogP contribution in [0.1, 0.15) is 11.1 Å². The second-order valence-corrected chi connectivity index (χ2v) is 5.22. The van der Waals surface area contributed by atoms with Crippen molar-refractivity contribution >= 4 is 5.91 Å². The van der Waals surface area contributed by atoms with Gasteiger partial charge in [0.05, 0.1) is 18.2 Å². The molecule has 0 aliphatic carbocycles. The summed E-state index contributed by atoms with van der Waals surface area (Å²) in [7, 11) is 1.82. The van der Waals surface area contributed by atoms with E-state index < -0.39 is 5.82 Å². The predicted octanol–water partition coefficient (Wildman–Crippen LogP) is 0.561. The number of hydrogen-bond acceptors (Lipinski definition) is 4. The Morgan fingerprint density at radius 2 is 2.19 bits per heavy atom. The van der Waals surface area contributed by atoms with E-state index >= 15 is 0 Å². The van der Waals surface area contributed by atoms with Gasteiger partial charge >= 0.3 is 0 Å². The molecule has 1 aliphatic rings. The summed E-state index contributed by atoms with van der Waals surface area (Å²) in [5, 5.41) is 12.2. The van der Waals surface area contributed by atoms with Crippen LogP contribution in [0.25, 0.3) is 0 Å². The van der Waals surface area contributed by atoms with E-state index in [1.165, 1.54) is 12.1 Å². The molecule has 1 saturated heterocycles. The first-order valence-corrected chi connectivity index (χ1v) is 6.95. The highest BCUT2D eigenvalue weighted by atomic mass is 19.1. The number of carbonyl (C=O) groups is 1. The van der Waals surface area contributed by atoms with E-state index in [1.54, 1.807) is 6.07 Å². The molecule has 21 heavy (non-hydrogen) atoms. The van der Waals surface area contributed by atoms with Crippen molar-refractivity contribution in [1.29, 1.82) is 5.26 Å². The fourth-order valence-electron chi connectivity index (χ4n) is 2.38. The van der Waals surface area contributed by atoms with Crippen LogP contribution in [-0.2, 0) is 11.3 Å². The molecule has 0 spiro atoms. The third-order valence-corrected chi connectivity index (χ3v) is 3.51. The predicted molar refractivity (Wildman–Crippen MR) is 76.9 cm³/mol. The SMILES string of the molecule is CN(CC(=O)N1CCNCC1)Cc1ccc(F)cc1C#N. The zero-order valence-corrected chi connectivity index (χ0v) is 12.1. The van der Waals surface area contributed by atoms with E-state index in [0.717, 1.165) is 31.7 Å². The summed E-state index contributed by atoms with van der Waals surface area (Å²) in [6.45, 7) is 3.85. The van der Waals surface area contributed by atoms with E-state index in [-0.39, 0.29) is 5.91 Å². The molecule has 0 bridgehead atoms. The first kappa shape index (κ1) is 15.4. The number of nitriles is 1. The van der Waals surface area contributed by atoms with Crippen molar-refractivity contribution in [3.63, 3.8) is 0 Å². The first-order valence-electron chi connectivity index (χ1n) is 6.95. The van der Waals surface area contributed by atoms with Gasteiger partial charge < -0.3 is 10.2 Å². The number of nitrogens with one attached hydrogen (secondary N) is 1. The largest absolute Gasteiger partial charge is 0.339 e. The maximum Gasteiger partial charge on any atom is 0.236 e. The Kier molecular flexibility index (Phi) is 5.26. The van der Waals surface area contributed by atoms with E-state index in [4.69, 9.17) is 5.26 Å². The molecule has 1 fully saturated rings. The van der Waals surface area contributed by atoms with Gasteiger partial charge in [-0.05, 0) is 24.7 Å². The highest BCUT2D eigenvalue weighted by Crippen LogP contribution is 2.12. The molecule has 0 saturated carbocycles. The summed E-state index contributed by atoms with van der Waals surface area (Å²) in [5.41, 5.74) is 1.05. The van der Waals surface area contributed by atoms with Crippen molar-refractivity contribution in [2.75, 3.05) is 39.8 Å². The zero-order valence-electron chi connectivity index (χ0n) is 12.1. The molecule has 0 radical (unpaired) electrons. The molecule has 1 amide bonds. The molecule has 1 aromatic rings. The standard InChI is InChI=1S/C15H19FN4O/c1-19(11-15(21)20-6-4-18-5-7-20)10-12-2-3-14(16)8-13(12)9-17/h2-3,8,18H,4-7,10-11H2,1H3. The molecule has 1 aromatic carbocycles. The van der Waals surface area contributed by atoms with Crippen molar-refractivity contribution in [2.45, 2.75) is 6.54 Å². The number of hydrogen-bond donors (Lipinski definition) is 1. The second kappa shape index (κ2) is 7.16. The minimum absolute atomic E-state index is 0.0830. The summed E-state index contributed by atoms with van der Waals surface area (Å²) in [4.78, 5) is 15.8. The van der Waals surface area contributed by atoms with Crippen LogP contribution < -0.4 is 5.32 Å². The number of halogens is 1. The lowest BCUT2D eigenvalue weighted by atomic mass is 10.1. The Balaban J connectivity index is 1.94. The van der Waals surface area contributed by atoms with Crippen LogP contribution in [0, 0.1) is 17.1 Å². The Hall–Kier alpha value is -1.97. The molecule has 5 nitrogen and oxygen atoms in total. The van der Waals surface area contributed by atoms with E-state index in [2.05, 4.69) is 5.32 Å². The Morgan fingerprint density at radius 1 is 1.48 bits per heavy atom. The molecular formula is C15H19FN4O. The van der Waals surface area contributed by atoms with Crippen molar-refractivity contribution in [2.24, 2.45) is 0 Å². The van der Waals surface area contributed by atoms with Gasteiger partial charge in [-0.3, -0.25) is 9.69 Å². The zero-order chi connectivity index (χ0) is 15.2. The number of likely N-dealkylation sites (N-methyl/N-ethyl adjacent to an activating group) is 1. The minimum Gasteiger partial charge on any atom is -0.339 e. The van der Waals surface area contributed by atoms with Crippen LogP contribution >= 0.6 is 0 Å². The van der Waals surface area contributed by atoms with Crippen LogP contribution in [0.15, 0.2) is 18.2 Å². The van der Waals surface area contributed by atoms with E-state index in [0.29, 0.717) is 18.7 Å². The van der Waals surface area contributed by atoms with Gasteiger partial charge in [0.2, 0.25) is 5.91 Å². The van der Waals surface area contributed by atoms with Gasteiger partial charge in [-0.25, -0.2) is 4.39 Å². The maximum absolute atomic E-state index is 13.1. The summed E-state index contributed by atoms with van der Waals surface area (Å²) >= 11 is 0. The molecule has 6 heteroatoms. The first-order chi connectivity index (χ1) is 10.1. The van der Waals surface area contributed by atoms with Crippen LogP contribution in [0.5, 0.6) is 0 Å². The van der Waals surface area contributed by atoms with Crippen molar-refractivity contribution in [3.8, 4) is 6.07 Å². The quantitative estimate of drug-likeness (QED) is 0.880. The number of carbonyl (C=O) groups excluding carboxylic acids is 1. The highest BCUT2D eigenvalue weighted by molar-refractivity contribution is 5.78. The summed E-state index contributed by atoms with van der Waals surface area (Å²) in [6, 6.07) is 6.14. The van der Waals surface area contributed by atoms with Crippen molar-refractivity contribution < 1.29 is 9.18 Å². The van der Waals surface area contributed by atoms with Gasteiger partial charge in [-0.2, -0.15) is 5.26 Å².